The first-order valence-corrected chi connectivity index (χ1v) is 7.32. The van der Waals surface area contributed by atoms with Gasteiger partial charge in [0.25, 0.3) is 0 Å². The van der Waals surface area contributed by atoms with Gasteiger partial charge in [-0.1, -0.05) is 34.1 Å². The molecule has 0 aliphatic carbocycles. The van der Waals surface area contributed by atoms with Gasteiger partial charge in [0.2, 0.25) is 0 Å². The van der Waals surface area contributed by atoms with Crippen molar-refractivity contribution < 1.29 is 8.83 Å². The SMILES string of the molecule is O=c1oc2cc3oc4ccccc4c3cc2cc1CBr. The van der Waals surface area contributed by atoms with Crippen molar-refractivity contribution in [3.63, 3.8) is 0 Å². The third-order valence-electron chi connectivity index (χ3n) is 3.45. The molecule has 20 heavy (non-hydrogen) atoms. The van der Waals surface area contributed by atoms with Crippen LogP contribution in [0.2, 0.25) is 0 Å². The van der Waals surface area contributed by atoms with E-state index in [0.717, 1.165) is 27.3 Å². The Labute approximate surface area is 121 Å². The highest BCUT2D eigenvalue weighted by Gasteiger charge is 2.10. The number of hydrogen-bond acceptors (Lipinski definition) is 3. The molecule has 0 saturated heterocycles. The van der Waals surface area contributed by atoms with Crippen molar-refractivity contribution in [2.24, 2.45) is 0 Å². The van der Waals surface area contributed by atoms with Gasteiger partial charge in [0.1, 0.15) is 16.7 Å². The van der Waals surface area contributed by atoms with Crippen LogP contribution >= 0.6 is 15.9 Å². The van der Waals surface area contributed by atoms with Crippen LogP contribution in [-0.4, -0.2) is 0 Å². The molecular formula is C16H9BrO3. The second-order valence-corrected chi connectivity index (χ2v) is 5.24. The molecule has 0 unspecified atom stereocenters. The fourth-order valence-electron chi connectivity index (χ4n) is 2.48. The molecule has 0 fully saturated rings. The van der Waals surface area contributed by atoms with Crippen molar-refractivity contribution in [2.45, 2.75) is 5.33 Å². The first-order chi connectivity index (χ1) is 9.76. The molecule has 0 radical (unpaired) electrons. The van der Waals surface area contributed by atoms with Gasteiger partial charge in [-0.2, -0.15) is 0 Å². The molecule has 2 aromatic heterocycles. The number of hydrogen-bond donors (Lipinski definition) is 0. The molecule has 4 heteroatoms. The van der Waals surface area contributed by atoms with Crippen LogP contribution in [0.15, 0.2) is 56.1 Å². The highest BCUT2D eigenvalue weighted by atomic mass is 79.9. The fraction of sp³-hybridized carbons (Fsp3) is 0.0625. The molecule has 4 rings (SSSR count). The number of benzene rings is 2. The van der Waals surface area contributed by atoms with Gasteiger partial charge in [0, 0.05) is 33.1 Å². The molecular weight excluding hydrogens is 320 g/mol. The summed E-state index contributed by atoms with van der Waals surface area (Å²) >= 11 is 3.30. The maximum Gasteiger partial charge on any atom is 0.340 e. The first kappa shape index (κ1) is 11.7. The van der Waals surface area contributed by atoms with Gasteiger partial charge in [-0.15, -0.1) is 0 Å². The van der Waals surface area contributed by atoms with E-state index in [1.54, 1.807) is 6.07 Å². The van der Waals surface area contributed by atoms with Crippen molar-refractivity contribution >= 4 is 48.8 Å². The second kappa shape index (κ2) is 4.21. The molecule has 0 aliphatic heterocycles. The Bertz CT molecular complexity index is 1010. The molecule has 2 heterocycles. The standard InChI is InChI=1S/C16H9BrO3/c17-8-10-5-9-6-12-11-3-1-2-4-13(11)19-15(12)7-14(9)20-16(10)18/h1-7H,8H2. The van der Waals surface area contributed by atoms with Crippen molar-refractivity contribution in [3.8, 4) is 0 Å². The molecule has 2 aromatic carbocycles. The van der Waals surface area contributed by atoms with Gasteiger partial charge in [0.15, 0.2) is 0 Å². The van der Waals surface area contributed by atoms with Crippen LogP contribution in [0.4, 0.5) is 0 Å². The number of alkyl halides is 1. The van der Waals surface area contributed by atoms with Crippen molar-refractivity contribution in [1.29, 1.82) is 0 Å². The molecule has 0 aliphatic rings. The summed E-state index contributed by atoms with van der Waals surface area (Å²) in [5, 5.41) is 3.48. The minimum atomic E-state index is -0.315. The van der Waals surface area contributed by atoms with Crippen molar-refractivity contribution in [2.75, 3.05) is 0 Å². The molecule has 0 amide bonds. The van der Waals surface area contributed by atoms with Gasteiger partial charge < -0.3 is 8.83 Å². The first-order valence-electron chi connectivity index (χ1n) is 6.20. The number of rotatable bonds is 1. The summed E-state index contributed by atoms with van der Waals surface area (Å²) in [6.45, 7) is 0. The van der Waals surface area contributed by atoms with Crippen LogP contribution < -0.4 is 5.63 Å². The van der Waals surface area contributed by atoms with Gasteiger partial charge >= 0.3 is 5.63 Å². The summed E-state index contributed by atoms with van der Waals surface area (Å²) in [7, 11) is 0. The molecule has 98 valence electrons. The zero-order valence-electron chi connectivity index (χ0n) is 10.4. The van der Waals surface area contributed by atoms with Gasteiger partial charge in [-0.3, -0.25) is 0 Å². The van der Waals surface area contributed by atoms with E-state index in [4.69, 9.17) is 8.83 Å². The Hall–Kier alpha value is -2.07. The second-order valence-electron chi connectivity index (χ2n) is 4.68. The van der Waals surface area contributed by atoms with E-state index in [9.17, 15) is 4.79 Å². The van der Waals surface area contributed by atoms with Crippen molar-refractivity contribution in [1.82, 2.24) is 0 Å². The highest BCUT2D eigenvalue weighted by Crippen LogP contribution is 2.31. The Morgan fingerprint density at radius 3 is 2.60 bits per heavy atom. The monoisotopic (exact) mass is 328 g/mol. The molecule has 0 N–H and O–H groups in total. The third-order valence-corrected chi connectivity index (χ3v) is 4.05. The number of para-hydroxylation sites is 1. The molecule has 0 saturated carbocycles. The zero-order chi connectivity index (χ0) is 13.7. The van der Waals surface area contributed by atoms with E-state index in [-0.39, 0.29) is 5.63 Å². The summed E-state index contributed by atoms with van der Waals surface area (Å²) < 4.78 is 11.1. The van der Waals surface area contributed by atoms with Crippen molar-refractivity contribution in [3.05, 3.63) is 58.4 Å². The third kappa shape index (κ3) is 1.61. The molecule has 0 bridgehead atoms. The van der Waals surface area contributed by atoms with Crippen LogP contribution in [0.5, 0.6) is 0 Å². The summed E-state index contributed by atoms with van der Waals surface area (Å²) in [5.41, 5.74) is 2.41. The van der Waals surface area contributed by atoms with E-state index in [1.165, 1.54) is 0 Å². The van der Waals surface area contributed by atoms with Crippen LogP contribution in [-0.2, 0) is 5.33 Å². The van der Waals surface area contributed by atoms with E-state index in [0.29, 0.717) is 16.5 Å². The normalized spacial score (nSPS) is 11.7. The quantitative estimate of drug-likeness (QED) is 0.379. The average Bonchev–Trinajstić information content (AvgIpc) is 2.81. The summed E-state index contributed by atoms with van der Waals surface area (Å²) in [5.74, 6) is 0. The highest BCUT2D eigenvalue weighted by molar-refractivity contribution is 9.08. The minimum absolute atomic E-state index is 0.315. The maximum atomic E-state index is 11.7. The zero-order valence-corrected chi connectivity index (χ0v) is 11.9. The van der Waals surface area contributed by atoms with Gasteiger partial charge in [-0.25, -0.2) is 4.79 Å². The van der Waals surface area contributed by atoms with Gasteiger partial charge in [0.05, 0.1) is 0 Å². The number of halogens is 1. The number of furan rings is 1. The van der Waals surface area contributed by atoms with E-state index >= 15 is 0 Å². The summed E-state index contributed by atoms with van der Waals surface area (Å²) in [6.07, 6.45) is 0. The molecule has 0 spiro atoms. The lowest BCUT2D eigenvalue weighted by molar-refractivity contribution is 0.554. The average molecular weight is 329 g/mol. The lowest BCUT2D eigenvalue weighted by atomic mass is 10.1. The predicted molar refractivity (Wildman–Crippen MR) is 82.4 cm³/mol. The van der Waals surface area contributed by atoms with Crippen LogP contribution in [0.3, 0.4) is 0 Å². The molecule has 0 atom stereocenters. The van der Waals surface area contributed by atoms with E-state index in [1.807, 2.05) is 36.4 Å². The van der Waals surface area contributed by atoms with E-state index in [2.05, 4.69) is 15.9 Å². The Kier molecular flexibility index (Phi) is 2.47. The topological polar surface area (TPSA) is 43.4 Å². The number of fused-ring (bicyclic) bond motifs is 4. The van der Waals surface area contributed by atoms with Crippen LogP contribution in [0, 0.1) is 0 Å². The fourth-order valence-corrected chi connectivity index (χ4v) is 2.87. The minimum Gasteiger partial charge on any atom is -0.456 e. The van der Waals surface area contributed by atoms with E-state index < -0.39 is 0 Å². The smallest absolute Gasteiger partial charge is 0.340 e. The predicted octanol–water partition coefficient (Wildman–Crippen LogP) is 4.59. The van der Waals surface area contributed by atoms with Crippen LogP contribution in [0.25, 0.3) is 32.9 Å². The molecule has 3 nitrogen and oxygen atoms in total. The summed E-state index contributed by atoms with van der Waals surface area (Å²) in [4.78, 5) is 11.7. The maximum absolute atomic E-state index is 11.7. The molecule has 4 aromatic rings. The largest absolute Gasteiger partial charge is 0.456 e. The van der Waals surface area contributed by atoms with Crippen LogP contribution in [0.1, 0.15) is 5.56 Å². The van der Waals surface area contributed by atoms with Gasteiger partial charge in [-0.05, 0) is 18.2 Å². The Morgan fingerprint density at radius 1 is 0.900 bits per heavy atom. The summed E-state index contributed by atoms with van der Waals surface area (Å²) in [6, 6.07) is 13.5. The lowest BCUT2D eigenvalue weighted by Crippen LogP contribution is -2.04. The Balaban J connectivity index is 2.18. The lowest BCUT2D eigenvalue weighted by Gasteiger charge is -1.99. The Morgan fingerprint density at radius 2 is 1.75 bits per heavy atom.